The van der Waals surface area contributed by atoms with Gasteiger partial charge in [-0.3, -0.25) is 9.78 Å². The van der Waals surface area contributed by atoms with Crippen molar-refractivity contribution in [3.63, 3.8) is 0 Å². The number of pyridine rings is 1. The van der Waals surface area contributed by atoms with Crippen molar-refractivity contribution < 1.29 is 23.4 Å². The monoisotopic (exact) mass is 294 g/mol. The lowest BCUT2D eigenvalue weighted by Crippen LogP contribution is -2.23. The Balaban J connectivity index is 2.04. The van der Waals surface area contributed by atoms with Gasteiger partial charge in [-0.1, -0.05) is 18.2 Å². The van der Waals surface area contributed by atoms with Crippen LogP contribution < -0.4 is 10.1 Å². The van der Waals surface area contributed by atoms with Crippen LogP contribution in [0.4, 0.5) is 8.78 Å². The second-order valence-electron chi connectivity index (χ2n) is 4.10. The van der Waals surface area contributed by atoms with E-state index in [1.54, 1.807) is 18.2 Å². The van der Waals surface area contributed by atoms with Crippen LogP contribution >= 0.6 is 0 Å². The molecule has 0 saturated carbocycles. The molecule has 0 aliphatic rings. The van der Waals surface area contributed by atoms with E-state index >= 15 is 0 Å². The first-order valence-electron chi connectivity index (χ1n) is 6.01. The van der Waals surface area contributed by atoms with E-state index < -0.39 is 12.5 Å². The number of ether oxygens (including phenoxy) is 1. The van der Waals surface area contributed by atoms with Crippen molar-refractivity contribution in [3.05, 3.63) is 53.9 Å². The molecule has 1 amide bonds. The Labute approximate surface area is 119 Å². The fraction of sp³-hybridized carbons (Fsp3) is 0.143. The van der Waals surface area contributed by atoms with Crippen LogP contribution in [0.2, 0.25) is 0 Å². The van der Waals surface area contributed by atoms with Crippen molar-refractivity contribution in [1.29, 1.82) is 0 Å². The zero-order valence-electron chi connectivity index (χ0n) is 10.8. The molecule has 0 bridgehead atoms. The summed E-state index contributed by atoms with van der Waals surface area (Å²) >= 11 is 0. The number of benzene rings is 1. The summed E-state index contributed by atoms with van der Waals surface area (Å²) in [6, 6.07) is 7.42. The molecule has 0 aliphatic heterocycles. The second-order valence-corrected chi connectivity index (χ2v) is 4.10. The highest BCUT2D eigenvalue weighted by Crippen LogP contribution is 2.20. The highest BCUT2D eigenvalue weighted by molar-refractivity contribution is 5.94. The van der Waals surface area contributed by atoms with Crippen molar-refractivity contribution in [2.45, 2.75) is 13.2 Å². The third-order valence-electron chi connectivity index (χ3n) is 2.61. The zero-order valence-corrected chi connectivity index (χ0v) is 10.8. The number of rotatable bonds is 5. The van der Waals surface area contributed by atoms with Gasteiger partial charge in [-0.25, -0.2) is 0 Å². The van der Waals surface area contributed by atoms with Gasteiger partial charge in [0, 0.05) is 18.3 Å². The Morgan fingerprint density at radius 1 is 1.33 bits per heavy atom. The number of hydrogen-bond acceptors (Lipinski definition) is 4. The summed E-state index contributed by atoms with van der Waals surface area (Å²) in [5.74, 6) is -0.615. The number of carbonyl (C=O) groups excluding carboxylic acids is 1. The molecule has 0 unspecified atom stereocenters. The maximum absolute atomic E-state index is 12.3. The van der Waals surface area contributed by atoms with E-state index in [1.165, 1.54) is 24.5 Å². The number of amides is 1. The molecule has 0 spiro atoms. The topological polar surface area (TPSA) is 71.5 Å². The van der Waals surface area contributed by atoms with Crippen molar-refractivity contribution in [1.82, 2.24) is 10.3 Å². The number of hydrogen-bond donors (Lipinski definition) is 2. The molecule has 21 heavy (non-hydrogen) atoms. The van der Waals surface area contributed by atoms with Crippen LogP contribution in [0.3, 0.4) is 0 Å². The predicted octanol–water partition coefficient (Wildman–Crippen LogP) is 2.32. The van der Waals surface area contributed by atoms with Crippen LogP contribution in [0.1, 0.15) is 15.9 Å². The van der Waals surface area contributed by atoms with Gasteiger partial charge in [0.2, 0.25) is 0 Å². The minimum absolute atomic E-state index is 0.00170. The lowest BCUT2D eigenvalue weighted by atomic mass is 10.2. The van der Waals surface area contributed by atoms with Crippen LogP contribution in [-0.2, 0) is 6.54 Å². The normalized spacial score (nSPS) is 10.4. The fourth-order valence-corrected chi connectivity index (χ4v) is 1.69. The Morgan fingerprint density at radius 2 is 2.10 bits per heavy atom. The van der Waals surface area contributed by atoms with E-state index in [1.807, 2.05) is 0 Å². The summed E-state index contributed by atoms with van der Waals surface area (Å²) in [6.07, 6.45) is 2.49. The molecular weight excluding hydrogens is 282 g/mol. The average molecular weight is 294 g/mol. The number of nitrogens with zero attached hydrogens (tertiary/aromatic N) is 1. The largest absolute Gasteiger partial charge is 0.506 e. The van der Waals surface area contributed by atoms with E-state index in [-0.39, 0.29) is 23.6 Å². The van der Waals surface area contributed by atoms with Crippen LogP contribution in [0.25, 0.3) is 0 Å². The van der Waals surface area contributed by atoms with E-state index in [2.05, 4.69) is 15.0 Å². The molecule has 0 fully saturated rings. The summed E-state index contributed by atoms with van der Waals surface area (Å²) in [5, 5.41) is 11.8. The molecular formula is C14H12F2N2O3. The molecule has 2 rings (SSSR count). The maximum atomic E-state index is 12.3. The highest BCUT2D eigenvalue weighted by atomic mass is 19.3. The number of alkyl halides is 2. The van der Waals surface area contributed by atoms with E-state index in [9.17, 15) is 18.7 Å². The first kappa shape index (κ1) is 14.7. The van der Waals surface area contributed by atoms with Gasteiger partial charge in [0.1, 0.15) is 11.5 Å². The molecule has 0 saturated heterocycles. The van der Waals surface area contributed by atoms with Crippen molar-refractivity contribution in [2.24, 2.45) is 0 Å². The molecule has 2 aromatic rings. The van der Waals surface area contributed by atoms with Gasteiger partial charge in [-0.15, -0.1) is 0 Å². The number of para-hydroxylation sites is 1. The van der Waals surface area contributed by atoms with Gasteiger partial charge in [0.15, 0.2) is 0 Å². The molecule has 110 valence electrons. The first-order valence-corrected chi connectivity index (χ1v) is 6.01. The van der Waals surface area contributed by atoms with E-state index in [0.29, 0.717) is 5.56 Å². The molecule has 2 N–H and O–H groups in total. The number of nitrogens with one attached hydrogen (secondary N) is 1. The van der Waals surface area contributed by atoms with Crippen LogP contribution in [0.15, 0.2) is 42.7 Å². The average Bonchev–Trinajstić information content (AvgIpc) is 2.45. The number of halogens is 2. The second kappa shape index (κ2) is 6.65. The summed E-state index contributed by atoms with van der Waals surface area (Å²) in [5.41, 5.74) is 0.585. The van der Waals surface area contributed by atoms with Gasteiger partial charge in [-0.2, -0.15) is 8.78 Å². The summed E-state index contributed by atoms with van der Waals surface area (Å²) in [4.78, 5) is 15.5. The van der Waals surface area contributed by atoms with Crippen molar-refractivity contribution >= 4 is 5.91 Å². The van der Waals surface area contributed by atoms with Crippen LogP contribution in [-0.4, -0.2) is 22.6 Å². The molecule has 1 aromatic heterocycles. The van der Waals surface area contributed by atoms with Crippen LogP contribution in [0.5, 0.6) is 11.5 Å². The number of aromatic hydroxyl groups is 1. The summed E-state index contributed by atoms with van der Waals surface area (Å²) in [6.45, 7) is -2.92. The standard InChI is InChI=1S/C14H12F2N2O3/c15-14(16)21-12-4-2-1-3-9(12)7-18-13(20)10-5-11(19)8-17-6-10/h1-6,8,14,19H,7H2,(H,18,20). The van der Waals surface area contributed by atoms with Gasteiger partial charge in [0.05, 0.1) is 11.8 Å². The third-order valence-corrected chi connectivity index (χ3v) is 2.61. The number of carbonyl (C=O) groups is 1. The van der Waals surface area contributed by atoms with Gasteiger partial charge in [-0.05, 0) is 12.1 Å². The lowest BCUT2D eigenvalue weighted by molar-refractivity contribution is -0.0504. The molecule has 1 aromatic carbocycles. The Bertz CT molecular complexity index is 635. The van der Waals surface area contributed by atoms with Crippen molar-refractivity contribution in [3.8, 4) is 11.5 Å². The quantitative estimate of drug-likeness (QED) is 0.887. The summed E-state index contributed by atoms with van der Waals surface area (Å²) in [7, 11) is 0. The maximum Gasteiger partial charge on any atom is 0.387 e. The van der Waals surface area contributed by atoms with Gasteiger partial charge >= 0.3 is 6.61 Å². The van der Waals surface area contributed by atoms with Crippen LogP contribution in [0, 0.1) is 0 Å². The Hall–Kier alpha value is -2.70. The van der Waals surface area contributed by atoms with Gasteiger partial charge < -0.3 is 15.2 Å². The fourth-order valence-electron chi connectivity index (χ4n) is 1.69. The lowest BCUT2D eigenvalue weighted by Gasteiger charge is -2.11. The molecule has 7 heteroatoms. The van der Waals surface area contributed by atoms with Gasteiger partial charge in [0.25, 0.3) is 5.91 Å². The molecule has 0 atom stereocenters. The molecule has 0 radical (unpaired) electrons. The minimum Gasteiger partial charge on any atom is -0.506 e. The minimum atomic E-state index is -2.93. The van der Waals surface area contributed by atoms with Crippen molar-refractivity contribution in [2.75, 3.05) is 0 Å². The first-order chi connectivity index (χ1) is 10.1. The smallest absolute Gasteiger partial charge is 0.387 e. The molecule has 1 heterocycles. The van der Waals surface area contributed by atoms with E-state index in [0.717, 1.165) is 0 Å². The van der Waals surface area contributed by atoms with E-state index in [4.69, 9.17) is 0 Å². The zero-order chi connectivity index (χ0) is 15.2. The predicted molar refractivity (Wildman–Crippen MR) is 70.1 cm³/mol. The molecule has 0 aliphatic carbocycles. The Morgan fingerprint density at radius 3 is 2.81 bits per heavy atom. The SMILES string of the molecule is O=C(NCc1ccccc1OC(F)F)c1cncc(O)c1. The Kier molecular flexibility index (Phi) is 4.65. The third kappa shape index (κ3) is 4.13. The summed E-state index contributed by atoms with van der Waals surface area (Å²) < 4.78 is 28.9. The molecule has 5 nitrogen and oxygen atoms in total. The highest BCUT2D eigenvalue weighted by Gasteiger charge is 2.11. The number of aromatic nitrogens is 1.